The molecule has 4 heteroatoms. The van der Waals surface area contributed by atoms with Crippen LogP contribution in [0.4, 0.5) is 5.82 Å². The van der Waals surface area contributed by atoms with E-state index in [9.17, 15) is 0 Å². The number of piperazine rings is 1. The first-order chi connectivity index (χ1) is 7.20. The van der Waals surface area contributed by atoms with Crippen molar-refractivity contribution in [1.82, 2.24) is 15.1 Å². The lowest BCUT2D eigenvalue weighted by atomic mass is 10.1. The maximum atomic E-state index is 4.47. The Morgan fingerprint density at radius 1 is 1.60 bits per heavy atom. The number of aromatic nitrogens is 2. The van der Waals surface area contributed by atoms with Gasteiger partial charge in [-0.3, -0.25) is 4.68 Å². The summed E-state index contributed by atoms with van der Waals surface area (Å²) < 4.78 is 1.87. The van der Waals surface area contributed by atoms with Gasteiger partial charge < -0.3 is 10.2 Å². The molecule has 1 aromatic rings. The van der Waals surface area contributed by atoms with Gasteiger partial charge in [-0.2, -0.15) is 5.10 Å². The van der Waals surface area contributed by atoms with Crippen molar-refractivity contribution >= 4 is 5.82 Å². The van der Waals surface area contributed by atoms with Crippen LogP contribution in [0.2, 0.25) is 0 Å². The Morgan fingerprint density at radius 2 is 2.40 bits per heavy atom. The van der Waals surface area contributed by atoms with Crippen molar-refractivity contribution in [3.05, 3.63) is 12.3 Å². The number of hydrogen-bond donors (Lipinski definition) is 1. The molecule has 0 saturated carbocycles. The number of nitrogens with zero attached hydrogens (tertiary/aromatic N) is 3. The largest absolute Gasteiger partial charge is 0.350 e. The number of hydrogen-bond acceptors (Lipinski definition) is 3. The molecule has 0 radical (unpaired) electrons. The highest BCUT2D eigenvalue weighted by molar-refractivity contribution is 5.39. The van der Waals surface area contributed by atoms with Crippen LogP contribution in [-0.4, -0.2) is 35.0 Å². The molecule has 1 aliphatic rings. The minimum absolute atomic E-state index is 0.530. The molecule has 0 amide bonds. The average Bonchev–Trinajstić information content (AvgIpc) is 2.65. The molecule has 0 bridgehead atoms. The lowest BCUT2D eigenvalue weighted by molar-refractivity contribution is 0.395. The topological polar surface area (TPSA) is 33.1 Å². The van der Waals surface area contributed by atoms with E-state index < -0.39 is 0 Å². The molecule has 1 fully saturated rings. The van der Waals surface area contributed by atoms with Crippen molar-refractivity contribution < 1.29 is 0 Å². The van der Waals surface area contributed by atoms with Crippen LogP contribution in [0, 0.1) is 0 Å². The summed E-state index contributed by atoms with van der Waals surface area (Å²) in [5, 5.41) is 8.02. The number of rotatable bonds is 2. The van der Waals surface area contributed by atoms with E-state index in [4.69, 9.17) is 0 Å². The minimum atomic E-state index is 0.530. The van der Waals surface area contributed by atoms with Crippen LogP contribution in [0.3, 0.4) is 0 Å². The summed E-state index contributed by atoms with van der Waals surface area (Å²) in [5.41, 5.74) is 0. The van der Waals surface area contributed by atoms with Gasteiger partial charge in [0.2, 0.25) is 0 Å². The lowest BCUT2D eigenvalue weighted by Crippen LogP contribution is -2.55. The molecule has 4 nitrogen and oxygen atoms in total. The van der Waals surface area contributed by atoms with Gasteiger partial charge in [0.1, 0.15) is 0 Å². The second-order valence-electron chi connectivity index (χ2n) is 4.36. The van der Waals surface area contributed by atoms with Gasteiger partial charge in [0.15, 0.2) is 5.82 Å². The maximum Gasteiger partial charge on any atom is 0.150 e. The van der Waals surface area contributed by atoms with Gasteiger partial charge in [0, 0.05) is 44.5 Å². The summed E-state index contributed by atoms with van der Waals surface area (Å²) in [6.45, 7) is 6.58. The molecule has 2 heterocycles. The molecule has 15 heavy (non-hydrogen) atoms. The fourth-order valence-electron chi connectivity index (χ4n) is 2.08. The molecule has 1 aliphatic heterocycles. The SMILES string of the molecule is CCC1CN(c2ccn(C)n2)C(C)CN1. The fourth-order valence-corrected chi connectivity index (χ4v) is 2.08. The van der Waals surface area contributed by atoms with Gasteiger partial charge in [0.25, 0.3) is 0 Å². The van der Waals surface area contributed by atoms with Crippen LogP contribution < -0.4 is 10.2 Å². The zero-order valence-corrected chi connectivity index (χ0v) is 9.77. The first-order valence-electron chi connectivity index (χ1n) is 5.70. The Balaban J connectivity index is 2.12. The van der Waals surface area contributed by atoms with Crippen molar-refractivity contribution in [2.24, 2.45) is 7.05 Å². The zero-order chi connectivity index (χ0) is 10.8. The number of aryl methyl sites for hydroxylation is 1. The van der Waals surface area contributed by atoms with Crippen molar-refractivity contribution in [1.29, 1.82) is 0 Å². The summed E-state index contributed by atoms with van der Waals surface area (Å²) in [7, 11) is 1.97. The molecule has 0 spiro atoms. The van der Waals surface area contributed by atoms with Crippen molar-refractivity contribution in [2.45, 2.75) is 32.4 Å². The molecule has 2 unspecified atom stereocenters. The monoisotopic (exact) mass is 208 g/mol. The van der Waals surface area contributed by atoms with Gasteiger partial charge in [-0.15, -0.1) is 0 Å². The van der Waals surface area contributed by atoms with E-state index in [1.807, 2.05) is 17.9 Å². The molecule has 2 rings (SSSR count). The highest BCUT2D eigenvalue weighted by Crippen LogP contribution is 2.17. The van der Waals surface area contributed by atoms with Gasteiger partial charge in [-0.25, -0.2) is 0 Å². The summed E-state index contributed by atoms with van der Waals surface area (Å²) >= 11 is 0. The highest BCUT2D eigenvalue weighted by atomic mass is 15.4. The second kappa shape index (κ2) is 4.23. The Morgan fingerprint density at radius 3 is 3.00 bits per heavy atom. The summed E-state index contributed by atoms with van der Waals surface area (Å²) in [5.74, 6) is 1.10. The van der Waals surface area contributed by atoms with Crippen LogP contribution in [-0.2, 0) is 7.05 Å². The Hall–Kier alpha value is -1.03. The third-order valence-electron chi connectivity index (χ3n) is 3.14. The maximum absolute atomic E-state index is 4.47. The fraction of sp³-hybridized carbons (Fsp3) is 0.727. The molecule has 1 saturated heterocycles. The third-order valence-corrected chi connectivity index (χ3v) is 3.14. The smallest absolute Gasteiger partial charge is 0.150 e. The average molecular weight is 208 g/mol. The molecular weight excluding hydrogens is 188 g/mol. The minimum Gasteiger partial charge on any atom is -0.350 e. The molecule has 0 aliphatic carbocycles. The molecule has 2 atom stereocenters. The van der Waals surface area contributed by atoms with Gasteiger partial charge in [-0.05, 0) is 13.3 Å². The second-order valence-corrected chi connectivity index (χ2v) is 4.36. The standard InChI is InChI=1S/C11H20N4/c1-4-10-8-15(9(2)7-12-10)11-5-6-14(3)13-11/h5-6,9-10,12H,4,7-8H2,1-3H3. The van der Waals surface area contributed by atoms with E-state index in [2.05, 4.69) is 35.2 Å². The van der Waals surface area contributed by atoms with Gasteiger partial charge >= 0.3 is 0 Å². The van der Waals surface area contributed by atoms with Crippen molar-refractivity contribution in [3.63, 3.8) is 0 Å². The molecule has 0 aromatic carbocycles. The van der Waals surface area contributed by atoms with Crippen LogP contribution in [0.25, 0.3) is 0 Å². The third kappa shape index (κ3) is 2.15. The number of nitrogens with one attached hydrogen (secondary N) is 1. The summed E-state index contributed by atoms with van der Waals surface area (Å²) in [6.07, 6.45) is 3.18. The molecule has 84 valence electrons. The first-order valence-corrected chi connectivity index (χ1v) is 5.70. The summed E-state index contributed by atoms with van der Waals surface area (Å²) in [6, 6.07) is 3.22. The van der Waals surface area contributed by atoms with Gasteiger partial charge in [0.05, 0.1) is 0 Å². The van der Waals surface area contributed by atoms with Crippen molar-refractivity contribution in [2.75, 3.05) is 18.0 Å². The molecular formula is C11H20N4. The molecule has 1 N–H and O–H groups in total. The van der Waals surface area contributed by atoms with E-state index in [0.717, 1.165) is 18.9 Å². The Kier molecular flexibility index (Phi) is 2.95. The predicted octanol–water partition coefficient (Wildman–Crippen LogP) is 0.997. The Bertz CT molecular complexity index is 320. The van der Waals surface area contributed by atoms with E-state index in [1.54, 1.807) is 0 Å². The Labute approximate surface area is 91.3 Å². The van der Waals surface area contributed by atoms with Crippen LogP contribution in [0.5, 0.6) is 0 Å². The highest BCUT2D eigenvalue weighted by Gasteiger charge is 2.25. The lowest BCUT2D eigenvalue weighted by Gasteiger charge is -2.38. The van der Waals surface area contributed by atoms with Crippen LogP contribution >= 0.6 is 0 Å². The van der Waals surface area contributed by atoms with Crippen molar-refractivity contribution in [3.8, 4) is 0 Å². The van der Waals surface area contributed by atoms with E-state index >= 15 is 0 Å². The zero-order valence-electron chi connectivity index (χ0n) is 9.77. The van der Waals surface area contributed by atoms with Crippen LogP contribution in [0.1, 0.15) is 20.3 Å². The van der Waals surface area contributed by atoms with E-state index in [0.29, 0.717) is 12.1 Å². The quantitative estimate of drug-likeness (QED) is 0.787. The van der Waals surface area contributed by atoms with E-state index in [1.165, 1.54) is 6.42 Å². The van der Waals surface area contributed by atoms with Crippen LogP contribution in [0.15, 0.2) is 12.3 Å². The number of anilines is 1. The van der Waals surface area contributed by atoms with E-state index in [-0.39, 0.29) is 0 Å². The predicted molar refractivity (Wildman–Crippen MR) is 62.1 cm³/mol. The summed E-state index contributed by atoms with van der Waals surface area (Å²) in [4.78, 5) is 2.39. The molecule has 1 aromatic heterocycles. The first kappa shape index (κ1) is 10.5. The normalized spacial score (nSPS) is 27.0. The van der Waals surface area contributed by atoms with Gasteiger partial charge in [-0.1, -0.05) is 6.92 Å².